The van der Waals surface area contributed by atoms with Crippen molar-refractivity contribution in [3.63, 3.8) is 0 Å². The van der Waals surface area contributed by atoms with Gasteiger partial charge in [-0.1, -0.05) is 0 Å². The number of benzene rings is 1. The Morgan fingerprint density at radius 2 is 1.95 bits per heavy atom. The molecule has 0 aliphatic carbocycles. The molecule has 21 heavy (non-hydrogen) atoms. The Morgan fingerprint density at radius 1 is 1.38 bits per heavy atom. The SMILES string of the molecule is CNc1ccc([N+](=O)[O-])cc1S(=O)(=O)N(C)CC(F)(F)F. The third-order valence-corrected chi connectivity index (χ3v) is 4.38. The number of nitrogens with zero attached hydrogens (tertiary/aromatic N) is 2. The number of alkyl halides is 3. The minimum atomic E-state index is -4.72. The average Bonchev–Trinajstić information content (AvgIpc) is 2.35. The van der Waals surface area contributed by atoms with Gasteiger partial charge < -0.3 is 5.32 Å². The lowest BCUT2D eigenvalue weighted by Crippen LogP contribution is -2.36. The van der Waals surface area contributed by atoms with Crippen LogP contribution >= 0.6 is 0 Å². The van der Waals surface area contributed by atoms with Gasteiger partial charge in [0.05, 0.1) is 10.6 Å². The van der Waals surface area contributed by atoms with Gasteiger partial charge >= 0.3 is 6.18 Å². The molecule has 0 amide bonds. The van der Waals surface area contributed by atoms with Gasteiger partial charge in [-0.2, -0.15) is 17.5 Å². The molecule has 0 saturated carbocycles. The molecule has 1 aromatic rings. The first-order valence-electron chi connectivity index (χ1n) is 5.48. The fraction of sp³-hybridized carbons (Fsp3) is 0.400. The first kappa shape index (κ1) is 17.2. The summed E-state index contributed by atoms with van der Waals surface area (Å²) in [7, 11) is -2.42. The molecule has 0 unspecified atom stereocenters. The van der Waals surface area contributed by atoms with Gasteiger partial charge in [0, 0.05) is 26.2 Å². The Bertz CT molecular complexity index is 645. The van der Waals surface area contributed by atoms with Crippen LogP contribution in [0, 0.1) is 10.1 Å². The van der Waals surface area contributed by atoms with Crippen molar-refractivity contribution in [2.75, 3.05) is 26.0 Å². The molecule has 1 rings (SSSR count). The van der Waals surface area contributed by atoms with Crippen LogP contribution in [0.2, 0.25) is 0 Å². The van der Waals surface area contributed by atoms with E-state index < -0.39 is 38.3 Å². The van der Waals surface area contributed by atoms with E-state index in [1.54, 1.807) is 0 Å². The van der Waals surface area contributed by atoms with Gasteiger partial charge in [-0.3, -0.25) is 10.1 Å². The minimum absolute atomic E-state index is 0.0328. The summed E-state index contributed by atoms with van der Waals surface area (Å²) in [6, 6.07) is 2.88. The summed E-state index contributed by atoms with van der Waals surface area (Å²) in [4.78, 5) is 9.25. The third-order valence-electron chi connectivity index (χ3n) is 2.54. The van der Waals surface area contributed by atoms with Gasteiger partial charge in [-0.15, -0.1) is 0 Å². The van der Waals surface area contributed by atoms with Crippen molar-refractivity contribution in [2.24, 2.45) is 0 Å². The second-order valence-electron chi connectivity index (χ2n) is 4.06. The molecule has 0 bridgehead atoms. The van der Waals surface area contributed by atoms with Crippen LogP contribution in [0.3, 0.4) is 0 Å². The van der Waals surface area contributed by atoms with Gasteiger partial charge in [-0.25, -0.2) is 8.42 Å². The smallest absolute Gasteiger partial charge is 0.387 e. The number of nitrogens with one attached hydrogen (secondary N) is 1. The van der Waals surface area contributed by atoms with Gasteiger partial charge in [0.25, 0.3) is 5.69 Å². The maximum Gasteiger partial charge on any atom is 0.402 e. The van der Waals surface area contributed by atoms with Crippen molar-refractivity contribution in [1.29, 1.82) is 0 Å². The highest BCUT2D eigenvalue weighted by Gasteiger charge is 2.36. The highest BCUT2D eigenvalue weighted by atomic mass is 32.2. The molecule has 11 heteroatoms. The van der Waals surface area contributed by atoms with E-state index >= 15 is 0 Å². The summed E-state index contributed by atoms with van der Waals surface area (Å²) >= 11 is 0. The zero-order valence-electron chi connectivity index (χ0n) is 11.0. The normalized spacial score (nSPS) is 12.5. The summed E-state index contributed by atoms with van der Waals surface area (Å²) in [5.74, 6) is 0. The fourth-order valence-electron chi connectivity index (χ4n) is 1.55. The molecular formula is C10H12F3N3O4S. The van der Waals surface area contributed by atoms with Crippen molar-refractivity contribution < 1.29 is 26.5 Å². The van der Waals surface area contributed by atoms with Crippen LogP contribution in [-0.2, 0) is 10.0 Å². The summed E-state index contributed by atoms with van der Waals surface area (Å²) in [5, 5.41) is 13.2. The van der Waals surface area contributed by atoms with Crippen LogP contribution in [0.25, 0.3) is 0 Å². The van der Waals surface area contributed by atoms with E-state index in [4.69, 9.17) is 0 Å². The molecule has 0 atom stereocenters. The van der Waals surface area contributed by atoms with Crippen LogP contribution in [-0.4, -0.2) is 44.5 Å². The van der Waals surface area contributed by atoms with Gasteiger partial charge in [0.1, 0.15) is 11.4 Å². The number of anilines is 1. The van der Waals surface area contributed by atoms with Gasteiger partial charge in [0.2, 0.25) is 10.0 Å². The Kier molecular flexibility index (Phi) is 4.79. The number of nitro groups is 1. The standard InChI is InChI=1S/C10H12F3N3O4S/c1-14-8-4-3-7(16(17)18)5-9(8)21(19,20)15(2)6-10(11,12)13/h3-5,14H,6H2,1-2H3. The number of nitro benzene ring substituents is 1. The van der Waals surface area contributed by atoms with Crippen LogP contribution in [0.5, 0.6) is 0 Å². The molecule has 0 spiro atoms. The molecule has 0 saturated heterocycles. The van der Waals surface area contributed by atoms with E-state index in [0.29, 0.717) is 6.07 Å². The molecule has 0 radical (unpaired) electrons. The van der Waals surface area contributed by atoms with E-state index in [1.807, 2.05) is 0 Å². The molecule has 0 aliphatic heterocycles. The lowest BCUT2D eigenvalue weighted by molar-refractivity contribution is -0.385. The monoisotopic (exact) mass is 327 g/mol. The Balaban J connectivity index is 3.35. The largest absolute Gasteiger partial charge is 0.402 e. The predicted molar refractivity (Wildman–Crippen MR) is 68.5 cm³/mol. The fourth-order valence-corrected chi connectivity index (χ4v) is 2.92. The first-order chi connectivity index (χ1) is 9.49. The number of halogens is 3. The number of non-ortho nitro benzene ring substituents is 1. The number of rotatable bonds is 5. The van der Waals surface area contributed by atoms with Crippen molar-refractivity contribution in [2.45, 2.75) is 11.1 Å². The average molecular weight is 327 g/mol. The van der Waals surface area contributed by atoms with Crippen molar-refractivity contribution in [1.82, 2.24) is 4.31 Å². The second kappa shape index (κ2) is 5.85. The zero-order valence-corrected chi connectivity index (χ0v) is 11.8. The Hall–Kier alpha value is -1.88. The number of hydrogen-bond acceptors (Lipinski definition) is 5. The lowest BCUT2D eigenvalue weighted by Gasteiger charge is -2.20. The summed E-state index contributed by atoms with van der Waals surface area (Å²) in [5.41, 5.74) is -0.567. The molecule has 0 heterocycles. The van der Waals surface area contributed by atoms with Crippen molar-refractivity contribution >= 4 is 21.4 Å². The summed E-state index contributed by atoms with van der Waals surface area (Å²) in [6.07, 6.45) is -4.72. The number of hydrogen-bond donors (Lipinski definition) is 1. The van der Waals surface area contributed by atoms with E-state index in [9.17, 15) is 31.7 Å². The molecular weight excluding hydrogens is 315 g/mol. The van der Waals surface area contributed by atoms with Crippen molar-refractivity contribution in [3.05, 3.63) is 28.3 Å². The Labute approximate surface area is 118 Å². The number of sulfonamides is 1. The van der Waals surface area contributed by atoms with E-state index in [2.05, 4.69) is 5.32 Å². The molecule has 118 valence electrons. The third kappa shape index (κ3) is 4.04. The molecule has 1 N–H and O–H groups in total. The lowest BCUT2D eigenvalue weighted by atomic mass is 10.3. The highest BCUT2D eigenvalue weighted by Crippen LogP contribution is 2.29. The summed E-state index contributed by atoms with van der Waals surface area (Å²) in [6.45, 7) is -1.69. The zero-order chi connectivity index (χ0) is 16.4. The second-order valence-corrected chi connectivity index (χ2v) is 6.08. The minimum Gasteiger partial charge on any atom is -0.387 e. The summed E-state index contributed by atoms with van der Waals surface area (Å²) < 4.78 is 61.3. The van der Waals surface area contributed by atoms with Gasteiger partial charge in [-0.05, 0) is 6.07 Å². The van der Waals surface area contributed by atoms with Crippen LogP contribution < -0.4 is 5.32 Å². The predicted octanol–water partition coefficient (Wildman–Crippen LogP) is 1.82. The van der Waals surface area contributed by atoms with E-state index in [0.717, 1.165) is 19.2 Å². The first-order valence-corrected chi connectivity index (χ1v) is 6.92. The van der Waals surface area contributed by atoms with Crippen LogP contribution in [0.4, 0.5) is 24.5 Å². The molecule has 7 nitrogen and oxygen atoms in total. The molecule has 1 aromatic carbocycles. The molecule has 0 aliphatic rings. The Morgan fingerprint density at radius 3 is 2.38 bits per heavy atom. The molecule has 0 aromatic heterocycles. The van der Waals surface area contributed by atoms with Crippen molar-refractivity contribution in [3.8, 4) is 0 Å². The van der Waals surface area contributed by atoms with E-state index in [-0.39, 0.29) is 9.99 Å². The topological polar surface area (TPSA) is 92.5 Å². The van der Waals surface area contributed by atoms with Crippen LogP contribution in [0.15, 0.2) is 23.1 Å². The van der Waals surface area contributed by atoms with E-state index in [1.165, 1.54) is 7.05 Å². The molecule has 0 fully saturated rings. The maximum atomic E-state index is 12.3. The van der Waals surface area contributed by atoms with Crippen LogP contribution in [0.1, 0.15) is 0 Å². The van der Waals surface area contributed by atoms with Gasteiger partial charge in [0.15, 0.2) is 0 Å². The maximum absolute atomic E-state index is 12.3. The quantitative estimate of drug-likeness (QED) is 0.658. The highest BCUT2D eigenvalue weighted by molar-refractivity contribution is 7.89.